The maximum Gasteiger partial charge on any atom is 0.309 e. The minimum Gasteiger partial charge on any atom is -0.481 e. The highest BCUT2D eigenvalue weighted by Gasteiger charge is 2.38. The van der Waals surface area contributed by atoms with Gasteiger partial charge in [-0.2, -0.15) is 5.21 Å². The fraction of sp³-hybridized carbons (Fsp3) is 0.538. The summed E-state index contributed by atoms with van der Waals surface area (Å²) in [5.41, 5.74) is 0.309. The van der Waals surface area contributed by atoms with Gasteiger partial charge in [0.15, 0.2) is 5.82 Å². The van der Waals surface area contributed by atoms with E-state index in [1.54, 1.807) is 19.1 Å². The van der Waals surface area contributed by atoms with Gasteiger partial charge in [0.25, 0.3) is 0 Å². The average molecular weight is 557 g/mol. The molecule has 0 saturated carbocycles. The van der Waals surface area contributed by atoms with Crippen LogP contribution < -0.4 is 20.9 Å². The number of nitrogens with one attached hydrogen (secondary N) is 4. The molecule has 0 fully saturated rings. The molecule has 0 bridgehead atoms. The summed E-state index contributed by atoms with van der Waals surface area (Å²) in [6.45, 7) is 6.37. The molecule has 5 N–H and O–H groups in total. The highest BCUT2D eigenvalue weighted by atomic mass is 16.4. The summed E-state index contributed by atoms with van der Waals surface area (Å²) in [6, 6.07) is 5.40. The van der Waals surface area contributed by atoms with Gasteiger partial charge < -0.3 is 21.1 Å². The van der Waals surface area contributed by atoms with E-state index in [9.17, 15) is 29.1 Å². The molecule has 14 nitrogen and oxygen atoms in total. The monoisotopic (exact) mass is 556 g/mol. The van der Waals surface area contributed by atoms with Crippen molar-refractivity contribution in [3.8, 4) is 0 Å². The lowest BCUT2D eigenvalue weighted by molar-refractivity contribution is -0.147. The third-order valence-corrected chi connectivity index (χ3v) is 7.14. The summed E-state index contributed by atoms with van der Waals surface area (Å²) in [7, 11) is 0. The van der Waals surface area contributed by atoms with E-state index in [-0.39, 0.29) is 25.3 Å². The molecule has 0 aliphatic carbocycles. The van der Waals surface area contributed by atoms with Crippen LogP contribution in [0.4, 0.5) is 5.69 Å². The molecule has 1 aliphatic heterocycles. The van der Waals surface area contributed by atoms with Crippen LogP contribution in [0.15, 0.2) is 24.3 Å². The summed E-state index contributed by atoms with van der Waals surface area (Å²) in [5.74, 6) is -2.86. The van der Waals surface area contributed by atoms with Crippen LogP contribution in [-0.4, -0.2) is 74.0 Å². The number of aromatic amines is 1. The molecule has 0 unspecified atom stereocenters. The number of carbonyl (C=O) groups excluding carboxylic acids is 4. The van der Waals surface area contributed by atoms with Crippen LogP contribution in [0.25, 0.3) is 0 Å². The summed E-state index contributed by atoms with van der Waals surface area (Å²) in [6.07, 6.45) is 0.914. The number of fused-ring (bicyclic) bond motifs is 1. The third-order valence-electron chi connectivity index (χ3n) is 7.14. The average Bonchev–Trinajstić information content (AvgIpc) is 3.59. The molecule has 40 heavy (non-hydrogen) atoms. The molecule has 216 valence electrons. The normalized spacial score (nSPS) is 16.0. The number of anilines is 1. The Morgan fingerprint density at radius 2 is 1.90 bits per heavy atom. The second kappa shape index (κ2) is 13.1. The Balaban J connectivity index is 1.65. The predicted molar refractivity (Wildman–Crippen MR) is 142 cm³/mol. The molecule has 1 aliphatic rings. The smallest absolute Gasteiger partial charge is 0.309 e. The molecule has 4 amide bonds. The van der Waals surface area contributed by atoms with Crippen LogP contribution in [0.2, 0.25) is 0 Å². The highest BCUT2D eigenvalue weighted by Crippen LogP contribution is 2.32. The van der Waals surface area contributed by atoms with Gasteiger partial charge in [0, 0.05) is 18.5 Å². The van der Waals surface area contributed by atoms with E-state index in [0.717, 1.165) is 5.56 Å². The van der Waals surface area contributed by atoms with Gasteiger partial charge in [0.2, 0.25) is 23.6 Å². The Kier molecular flexibility index (Phi) is 9.91. The van der Waals surface area contributed by atoms with Gasteiger partial charge in [0.1, 0.15) is 12.1 Å². The highest BCUT2D eigenvalue weighted by molar-refractivity contribution is 6.05. The first-order valence-electron chi connectivity index (χ1n) is 13.1. The first kappa shape index (κ1) is 30.2. The molecule has 3 atom stereocenters. The predicted octanol–water partition coefficient (Wildman–Crippen LogP) is 0.312. The molecule has 1 aromatic carbocycles. The maximum atomic E-state index is 13.4. The second-order valence-electron chi connectivity index (χ2n) is 10.5. The van der Waals surface area contributed by atoms with Gasteiger partial charge >= 0.3 is 5.97 Å². The zero-order chi connectivity index (χ0) is 29.4. The zero-order valence-electron chi connectivity index (χ0n) is 23.1. The fourth-order valence-corrected chi connectivity index (χ4v) is 4.28. The van der Waals surface area contributed by atoms with Gasteiger partial charge in [-0.05, 0) is 37.8 Å². The number of amides is 4. The van der Waals surface area contributed by atoms with Crippen molar-refractivity contribution >= 4 is 35.3 Å². The molecule has 2 aromatic rings. The second-order valence-corrected chi connectivity index (χ2v) is 10.5. The third kappa shape index (κ3) is 7.39. The fourth-order valence-electron chi connectivity index (χ4n) is 4.28. The van der Waals surface area contributed by atoms with Crippen molar-refractivity contribution < 1.29 is 29.1 Å². The van der Waals surface area contributed by atoms with E-state index in [2.05, 4.69) is 36.6 Å². The Hall–Kier alpha value is -4.36. The van der Waals surface area contributed by atoms with Crippen molar-refractivity contribution in [1.82, 2.24) is 36.6 Å². The van der Waals surface area contributed by atoms with Crippen LogP contribution in [-0.2, 0) is 36.9 Å². The van der Waals surface area contributed by atoms with Crippen molar-refractivity contribution in [2.75, 3.05) is 11.4 Å². The first-order valence-corrected chi connectivity index (χ1v) is 13.1. The van der Waals surface area contributed by atoms with Gasteiger partial charge in [0.05, 0.1) is 18.5 Å². The Morgan fingerprint density at radius 3 is 2.55 bits per heavy atom. The largest absolute Gasteiger partial charge is 0.481 e. The van der Waals surface area contributed by atoms with E-state index in [1.807, 2.05) is 19.1 Å². The van der Waals surface area contributed by atoms with Crippen LogP contribution in [0, 0.1) is 11.3 Å². The van der Waals surface area contributed by atoms with E-state index >= 15 is 0 Å². The minimum atomic E-state index is -1.09. The SMILES string of the molecule is CC[C@H](C)[C@H](NC(=O)CCC(C)(C)C(=O)O)C(=O)NCC(=O)N1c2ccccc2C[C@H]1C(=O)NCc1nn[nH]n1. The lowest BCUT2D eigenvalue weighted by atomic mass is 9.88. The van der Waals surface area contributed by atoms with Crippen molar-refractivity contribution in [2.24, 2.45) is 11.3 Å². The number of aromatic nitrogens is 4. The van der Waals surface area contributed by atoms with E-state index in [1.165, 1.54) is 18.7 Å². The van der Waals surface area contributed by atoms with Crippen LogP contribution in [0.1, 0.15) is 58.3 Å². The number of rotatable bonds is 13. The molecule has 3 rings (SSSR count). The van der Waals surface area contributed by atoms with Crippen molar-refractivity contribution in [1.29, 1.82) is 0 Å². The standard InChI is InChI=1S/C26H36N8O6/c1-5-15(2)22(29-20(35)10-11-26(3,4)25(39)40)24(38)28-14-21(36)34-17-9-7-6-8-16(17)12-18(34)23(37)27-13-19-30-32-33-31-19/h6-9,15,18,22H,5,10-14H2,1-4H3,(H,27,37)(H,28,38)(H,29,35)(H,39,40)(H,30,31,32,33)/t15-,18-,22-/m0/s1. The molecule has 1 aromatic heterocycles. The number of carboxylic acid groups (broad SMARTS) is 1. The quantitative estimate of drug-likeness (QED) is 0.230. The number of aliphatic carboxylic acids is 1. The number of para-hydroxylation sites is 1. The van der Waals surface area contributed by atoms with E-state index in [0.29, 0.717) is 24.4 Å². The van der Waals surface area contributed by atoms with Crippen molar-refractivity contribution in [2.45, 2.75) is 72.0 Å². The molecule has 2 heterocycles. The number of tetrazole rings is 1. The molecular formula is C26H36N8O6. The van der Waals surface area contributed by atoms with E-state index in [4.69, 9.17) is 0 Å². The molecule has 14 heteroatoms. The van der Waals surface area contributed by atoms with Crippen molar-refractivity contribution in [3.05, 3.63) is 35.7 Å². The van der Waals surface area contributed by atoms with Crippen LogP contribution in [0.3, 0.4) is 0 Å². The Labute approximate surface area is 231 Å². The number of benzene rings is 1. The molecule has 0 spiro atoms. The molecule has 0 radical (unpaired) electrons. The summed E-state index contributed by atoms with van der Waals surface area (Å²) in [4.78, 5) is 64.8. The zero-order valence-corrected chi connectivity index (χ0v) is 23.1. The molecule has 0 saturated heterocycles. The topological polar surface area (TPSA) is 199 Å². The van der Waals surface area contributed by atoms with Gasteiger partial charge in [-0.15, -0.1) is 10.2 Å². The van der Waals surface area contributed by atoms with Gasteiger partial charge in [-0.25, -0.2) is 0 Å². The Bertz CT molecular complexity index is 1230. The Morgan fingerprint density at radius 1 is 1.18 bits per heavy atom. The summed E-state index contributed by atoms with van der Waals surface area (Å²) in [5, 5.41) is 30.7. The minimum absolute atomic E-state index is 0.0286. The maximum absolute atomic E-state index is 13.4. The van der Waals surface area contributed by atoms with Crippen LogP contribution in [0.5, 0.6) is 0 Å². The number of carboxylic acids is 1. The lowest BCUT2D eigenvalue weighted by Crippen LogP contribution is -2.54. The number of carbonyl (C=O) groups is 5. The summed E-state index contributed by atoms with van der Waals surface area (Å²) >= 11 is 0. The number of hydrogen-bond donors (Lipinski definition) is 5. The van der Waals surface area contributed by atoms with Crippen LogP contribution >= 0.6 is 0 Å². The molecular weight excluding hydrogens is 520 g/mol. The van der Waals surface area contributed by atoms with Crippen molar-refractivity contribution in [3.63, 3.8) is 0 Å². The number of nitrogens with zero attached hydrogens (tertiary/aromatic N) is 4. The summed E-state index contributed by atoms with van der Waals surface area (Å²) < 4.78 is 0. The van der Waals surface area contributed by atoms with Gasteiger partial charge in [-0.3, -0.25) is 28.9 Å². The number of hydrogen-bond acceptors (Lipinski definition) is 8. The lowest BCUT2D eigenvalue weighted by Gasteiger charge is -2.27. The van der Waals surface area contributed by atoms with E-state index < -0.39 is 53.6 Å². The number of H-pyrrole nitrogens is 1. The van der Waals surface area contributed by atoms with Gasteiger partial charge in [-0.1, -0.05) is 43.7 Å². The first-order chi connectivity index (χ1) is 18.9.